The minimum absolute atomic E-state index is 0.155. The standard InChI is InChI=1S/C16H27NO/c1-12(2)17(15(5)18)10-6-7-16-9-8-13(3)11-14(16)4/h6-7,11-12,14,16H,8-10H2,1-5H3. The molecule has 0 aromatic heterocycles. The van der Waals surface area contributed by atoms with Gasteiger partial charge in [0.1, 0.15) is 0 Å². The molecule has 0 heterocycles. The van der Waals surface area contributed by atoms with E-state index in [0.29, 0.717) is 11.8 Å². The van der Waals surface area contributed by atoms with Gasteiger partial charge in [-0.3, -0.25) is 4.79 Å². The van der Waals surface area contributed by atoms with E-state index in [0.717, 1.165) is 6.54 Å². The van der Waals surface area contributed by atoms with Crippen molar-refractivity contribution in [1.82, 2.24) is 4.90 Å². The van der Waals surface area contributed by atoms with Gasteiger partial charge in [0.15, 0.2) is 0 Å². The van der Waals surface area contributed by atoms with Gasteiger partial charge in [0.2, 0.25) is 5.91 Å². The first-order valence-electron chi connectivity index (χ1n) is 7.03. The third-order valence-electron chi connectivity index (χ3n) is 3.81. The van der Waals surface area contributed by atoms with Gasteiger partial charge in [0.05, 0.1) is 0 Å². The fourth-order valence-electron chi connectivity index (χ4n) is 2.64. The summed E-state index contributed by atoms with van der Waals surface area (Å²) in [6.45, 7) is 11.0. The van der Waals surface area contributed by atoms with Crippen LogP contribution in [0, 0.1) is 11.8 Å². The van der Waals surface area contributed by atoms with Crippen LogP contribution in [0.2, 0.25) is 0 Å². The molecule has 2 nitrogen and oxygen atoms in total. The first-order chi connectivity index (χ1) is 8.41. The molecule has 0 bridgehead atoms. The van der Waals surface area contributed by atoms with Crippen molar-refractivity contribution in [2.24, 2.45) is 11.8 Å². The smallest absolute Gasteiger partial charge is 0.219 e. The second-order valence-electron chi connectivity index (χ2n) is 5.77. The predicted molar refractivity (Wildman–Crippen MR) is 77.3 cm³/mol. The first-order valence-corrected chi connectivity index (χ1v) is 7.03. The van der Waals surface area contributed by atoms with Crippen LogP contribution in [0.3, 0.4) is 0 Å². The summed E-state index contributed by atoms with van der Waals surface area (Å²) >= 11 is 0. The Morgan fingerprint density at radius 2 is 2.22 bits per heavy atom. The molecule has 2 atom stereocenters. The molecule has 2 unspecified atom stereocenters. The molecular formula is C16H27NO. The lowest BCUT2D eigenvalue weighted by Gasteiger charge is -2.26. The summed E-state index contributed by atoms with van der Waals surface area (Å²) in [5.41, 5.74) is 1.51. The Balaban J connectivity index is 2.52. The number of hydrogen-bond acceptors (Lipinski definition) is 1. The minimum atomic E-state index is 0.155. The number of hydrogen-bond donors (Lipinski definition) is 0. The highest BCUT2D eigenvalue weighted by atomic mass is 16.2. The van der Waals surface area contributed by atoms with Crippen LogP contribution in [0.1, 0.15) is 47.5 Å². The van der Waals surface area contributed by atoms with Crippen LogP contribution in [0.15, 0.2) is 23.8 Å². The lowest BCUT2D eigenvalue weighted by atomic mass is 9.82. The van der Waals surface area contributed by atoms with Gasteiger partial charge in [0.25, 0.3) is 0 Å². The quantitative estimate of drug-likeness (QED) is 0.694. The zero-order valence-electron chi connectivity index (χ0n) is 12.4. The van der Waals surface area contributed by atoms with Crippen LogP contribution in [0.5, 0.6) is 0 Å². The van der Waals surface area contributed by atoms with Crippen LogP contribution < -0.4 is 0 Å². The van der Waals surface area contributed by atoms with Gasteiger partial charge in [-0.1, -0.05) is 30.7 Å². The number of rotatable bonds is 4. The molecule has 1 aliphatic rings. The lowest BCUT2D eigenvalue weighted by Crippen LogP contribution is -2.35. The van der Waals surface area contributed by atoms with Gasteiger partial charge in [-0.15, -0.1) is 0 Å². The maximum Gasteiger partial charge on any atom is 0.219 e. The third-order valence-corrected chi connectivity index (χ3v) is 3.81. The van der Waals surface area contributed by atoms with Crippen LogP contribution in [0.25, 0.3) is 0 Å². The van der Waals surface area contributed by atoms with Crippen molar-refractivity contribution in [2.75, 3.05) is 6.54 Å². The van der Waals surface area contributed by atoms with Crippen molar-refractivity contribution in [2.45, 2.75) is 53.5 Å². The maximum atomic E-state index is 11.5. The zero-order chi connectivity index (χ0) is 13.7. The van der Waals surface area contributed by atoms with Gasteiger partial charge in [-0.05, 0) is 45.4 Å². The highest BCUT2D eigenvalue weighted by molar-refractivity contribution is 5.73. The van der Waals surface area contributed by atoms with Crippen molar-refractivity contribution in [3.05, 3.63) is 23.8 Å². The average molecular weight is 249 g/mol. The molecule has 0 aromatic carbocycles. The van der Waals surface area contributed by atoms with Gasteiger partial charge in [-0.2, -0.15) is 0 Å². The fraction of sp³-hybridized carbons (Fsp3) is 0.688. The molecule has 0 saturated carbocycles. The Kier molecular flexibility index (Phi) is 5.64. The summed E-state index contributed by atoms with van der Waals surface area (Å²) in [6, 6.07) is 0.276. The SMILES string of the molecule is CC(=O)N(CC=CC1CCC(C)=CC1C)C(C)C. The molecule has 2 heteroatoms. The molecular weight excluding hydrogens is 222 g/mol. The summed E-state index contributed by atoms with van der Waals surface area (Å²) < 4.78 is 0. The summed E-state index contributed by atoms with van der Waals surface area (Å²) in [4.78, 5) is 13.4. The minimum Gasteiger partial charge on any atom is -0.337 e. The molecule has 0 fully saturated rings. The molecule has 0 saturated heterocycles. The molecule has 1 aliphatic carbocycles. The number of carbonyl (C=O) groups excluding carboxylic acids is 1. The summed E-state index contributed by atoms with van der Waals surface area (Å²) in [6.07, 6.45) is 9.29. The Morgan fingerprint density at radius 1 is 1.56 bits per heavy atom. The van der Waals surface area contributed by atoms with Crippen molar-refractivity contribution >= 4 is 5.91 Å². The topological polar surface area (TPSA) is 20.3 Å². The number of amides is 1. The van der Waals surface area contributed by atoms with E-state index >= 15 is 0 Å². The summed E-state index contributed by atoms with van der Waals surface area (Å²) in [5.74, 6) is 1.41. The molecule has 1 rings (SSSR count). The Hall–Kier alpha value is -1.05. The Morgan fingerprint density at radius 3 is 2.72 bits per heavy atom. The van der Waals surface area contributed by atoms with E-state index in [-0.39, 0.29) is 11.9 Å². The zero-order valence-corrected chi connectivity index (χ0v) is 12.4. The fourth-order valence-corrected chi connectivity index (χ4v) is 2.64. The molecule has 1 amide bonds. The molecule has 0 radical (unpaired) electrons. The van der Waals surface area contributed by atoms with Crippen LogP contribution in [-0.2, 0) is 4.79 Å². The monoisotopic (exact) mass is 249 g/mol. The van der Waals surface area contributed by atoms with E-state index < -0.39 is 0 Å². The number of nitrogens with zero attached hydrogens (tertiary/aromatic N) is 1. The number of allylic oxidation sites excluding steroid dienone is 3. The molecule has 0 N–H and O–H groups in total. The highest BCUT2D eigenvalue weighted by Crippen LogP contribution is 2.29. The molecule has 0 aromatic rings. The van der Waals surface area contributed by atoms with E-state index in [4.69, 9.17) is 0 Å². The summed E-state index contributed by atoms with van der Waals surface area (Å²) in [7, 11) is 0. The molecule has 0 aliphatic heterocycles. The maximum absolute atomic E-state index is 11.5. The number of carbonyl (C=O) groups is 1. The van der Waals surface area contributed by atoms with E-state index in [2.05, 4.69) is 45.9 Å². The van der Waals surface area contributed by atoms with Gasteiger partial charge < -0.3 is 4.90 Å². The third kappa shape index (κ3) is 4.32. The van der Waals surface area contributed by atoms with Crippen molar-refractivity contribution < 1.29 is 4.79 Å². The van der Waals surface area contributed by atoms with E-state index in [1.807, 2.05) is 4.90 Å². The van der Waals surface area contributed by atoms with E-state index in [1.54, 1.807) is 6.92 Å². The van der Waals surface area contributed by atoms with Gasteiger partial charge in [-0.25, -0.2) is 0 Å². The normalized spacial score (nSPS) is 24.4. The molecule has 0 spiro atoms. The molecule has 102 valence electrons. The van der Waals surface area contributed by atoms with E-state index in [1.165, 1.54) is 18.4 Å². The Labute approximate surface area is 112 Å². The lowest BCUT2D eigenvalue weighted by molar-refractivity contribution is -0.129. The van der Waals surface area contributed by atoms with Gasteiger partial charge in [0, 0.05) is 19.5 Å². The average Bonchev–Trinajstić information content (AvgIpc) is 2.25. The van der Waals surface area contributed by atoms with Crippen molar-refractivity contribution in [3.8, 4) is 0 Å². The Bertz CT molecular complexity index is 341. The van der Waals surface area contributed by atoms with Crippen LogP contribution >= 0.6 is 0 Å². The second-order valence-corrected chi connectivity index (χ2v) is 5.77. The van der Waals surface area contributed by atoms with Crippen molar-refractivity contribution in [1.29, 1.82) is 0 Å². The predicted octanol–water partition coefficient (Wildman–Crippen LogP) is 3.79. The van der Waals surface area contributed by atoms with E-state index in [9.17, 15) is 4.79 Å². The first kappa shape index (κ1) is 15.0. The summed E-state index contributed by atoms with van der Waals surface area (Å²) in [5, 5.41) is 0. The van der Waals surface area contributed by atoms with Crippen LogP contribution in [0.4, 0.5) is 0 Å². The second kappa shape index (κ2) is 6.77. The van der Waals surface area contributed by atoms with Crippen molar-refractivity contribution in [3.63, 3.8) is 0 Å². The van der Waals surface area contributed by atoms with Crippen LogP contribution in [-0.4, -0.2) is 23.4 Å². The van der Waals surface area contributed by atoms with Gasteiger partial charge >= 0.3 is 0 Å². The largest absolute Gasteiger partial charge is 0.337 e. The highest BCUT2D eigenvalue weighted by Gasteiger charge is 2.17. The molecule has 18 heavy (non-hydrogen) atoms.